The van der Waals surface area contributed by atoms with E-state index in [0.29, 0.717) is 25.7 Å². The van der Waals surface area contributed by atoms with Crippen LogP contribution in [0.4, 0.5) is 0 Å². The standard InChI is InChI=1S/C16H26N4O2/c1-16(2,14(21)17-3)12-20-15(18-4)19-10-11-22-13-8-6-5-7-9-13/h5-9H,10-12H2,1-4H3,(H,17,21)(H2,18,19,20). The summed E-state index contributed by atoms with van der Waals surface area (Å²) in [5.41, 5.74) is -0.507. The largest absolute Gasteiger partial charge is 0.492 e. The van der Waals surface area contributed by atoms with E-state index >= 15 is 0 Å². The van der Waals surface area contributed by atoms with E-state index in [0.717, 1.165) is 5.75 Å². The number of carbonyl (C=O) groups excluding carboxylic acids is 1. The molecule has 0 aromatic heterocycles. The second-order valence-corrected chi connectivity index (χ2v) is 5.48. The van der Waals surface area contributed by atoms with Gasteiger partial charge in [-0.1, -0.05) is 18.2 Å². The fourth-order valence-electron chi connectivity index (χ4n) is 1.80. The smallest absolute Gasteiger partial charge is 0.227 e. The zero-order valence-electron chi connectivity index (χ0n) is 13.8. The number of rotatable bonds is 7. The number of aliphatic imine (C=N–C) groups is 1. The first-order chi connectivity index (χ1) is 10.5. The molecule has 22 heavy (non-hydrogen) atoms. The van der Waals surface area contributed by atoms with Crippen LogP contribution in [0, 0.1) is 5.41 Å². The second-order valence-electron chi connectivity index (χ2n) is 5.48. The maximum absolute atomic E-state index is 11.7. The van der Waals surface area contributed by atoms with E-state index in [2.05, 4.69) is 20.9 Å². The third-order valence-corrected chi connectivity index (χ3v) is 3.17. The summed E-state index contributed by atoms with van der Waals surface area (Å²) in [7, 11) is 3.33. The lowest BCUT2D eigenvalue weighted by molar-refractivity contribution is -0.128. The van der Waals surface area contributed by atoms with Gasteiger partial charge in [0.05, 0.1) is 12.0 Å². The zero-order chi connectivity index (χ0) is 16.4. The summed E-state index contributed by atoms with van der Waals surface area (Å²) in [5, 5.41) is 8.96. The number of hydrogen-bond acceptors (Lipinski definition) is 3. The van der Waals surface area contributed by atoms with Crippen LogP contribution in [-0.2, 0) is 4.79 Å². The summed E-state index contributed by atoms with van der Waals surface area (Å²) in [6.45, 7) is 5.40. The Kier molecular flexibility index (Phi) is 7.22. The number of carbonyl (C=O) groups is 1. The number of benzene rings is 1. The molecule has 6 heteroatoms. The lowest BCUT2D eigenvalue weighted by Crippen LogP contribution is -2.47. The Balaban J connectivity index is 2.30. The molecule has 6 nitrogen and oxygen atoms in total. The van der Waals surface area contributed by atoms with Gasteiger partial charge < -0.3 is 20.7 Å². The van der Waals surface area contributed by atoms with Gasteiger partial charge in [0, 0.05) is 20.6 Å². The normalized spacial score (nSPS) is 11.7. The Labute approximate surface area is 132 Å². The molecule has 0 aliphatic carbocycles. The third kappa shape index (κ3) is 6.03. The number of nitrogens with zero attached hydrogens (tertiary/aromatic N) is 1. The first-order valence-corrected chi connectivity index (χ1v) is 7.34. The molecular weight excluding hydrogens is 280 g/mol. The zero-order valence-corrected chi connectivity index (χ0v) is 13.8. The minimum Gasteiger partial charge on any atom is -0.492 e. The fraction of sp³-hybridized carbons (Fsp3) is 0.500. The van der Waals surface area contributed by atoms with E-state index in [-0.39, 0.29) is 5.91 Å². The maximum atomic E-state index is 11.7. The van der Waals surface area contributed by atoms with Crippen molar-refractivity contribution in [1.29, 1.82) is 0 Å². The van der Waals surface area contributed by atoms with Crippen molar-refractivity contribution in [2.45, 2.75) is 13.8 Å². The van der Waals surface area contributed by atoms with Crippen LogP contribution in [0.1, 0.15) is 13.8 Å². The van der Waals surface area contributed by atoms with Crippen molar-refractivity contribution in [3.05, 3.63) is 30.3 Å². The van der Waals surface area contributed by atoms with Crippen LogP contribution in [0.5, 0.6) is 5.75 Å². The van der Waals surface area contributed by atoms with Gasteiger partial charge in [0.2, 0.25) is 5.91 Å². The highest BCUT2D eigenvalue weighted by Gasteiger charge is 2.26. The Morgan fingerprint density at radius 2 is 1.91 bits per heavy atom. The first-order valence-electron chi connectivity index (χ1n) is 7.34. The predicted molar refractivity (Wildman–Crippen MR) is 89.1 cm³/mol. The van der Waals surface area contributed by atoms with E-state index in [1.54, 1.807) is 14.1 Å². The lowest BCUT2D eigenvalue weighted by Gasteiger charge is -2.24. The van der Waals surface area contributed by atoms with Crippen molar-refractivity contribution in [3.63, 3.8) is 0 Å². The van der Waals surface area contributed by atoms with E-state index < -0.39 is 5.41 Å². The highest BCUT2D eigenvalue weighted by molar-refractivity contribution is 5.84. The summed E-state index contributed by atoms with van der Waals surface area (Å²) < 4.78 is 5.59. The Hall–Kier alpha value is -2.24. The summed E-state index contributed by atoms with van der Waals surface area (Å²) in [6, 6.07) is 9.65. The number of amides is 1. The molecule has 1 aromatic carbocycles. The SMILES string of the molecule is CN=C(NCCOc1ccccc1)NCC(C)(C)C(=O)NC. The Morgan fingerprint density at radius 1 is 1.23 bits per heavy atom. The number of para-hydroxylation sites is 1. The highest BCUT2D eigenvalue weighted by atomic mass is 16.5. The van der Waals surface area contributed by atoms with Crippen LogP contribution in [0.3, 0.4) is 0 Å². The minimum atomic E-state index is -0.507. The van der Waals surface area contributed by atoms with Gasteiger partial charge in [-0.15, -0.1) is 0 Å². The highest BCUT2D eigenvalue weighted by Crippen LogP contribution is 2.12. The average Bonchev–Trinajstić information content (AvgIpc) is 2.54. The Morgan fingerprint density at radius 3 is 2.50 bits per heavy atom. The van der Waals surface area contributed by atoms with E-state index in [1.165, 1.54) is 0 Å². The van der Waals surface area contributed by atoms with E-state index in [9.17, 15) is 4.79 Å². The molecule has 0 fully saturated rings. The van der Waals surface area contributed by atoms with Crippen LogP contribution in [0.2, 0.25) is 0 Å². The predicted octanol–water partition coefficient (Wildman–Crippen LogP) is 1.00. The Bertz CT molecular complexity index is 486. The number of nitrogens with one attached hydrogen (secondary N) is 3. The van der Waals surface area contributed by atoms with Gasteiger partial charge in [-0.05, 0) is 26.0 Å². The van der Waals surface area contributed by atoms with Crippen molar-refractivity contribution in [2.75, 3.05) is 33.8 Å². The molecule has 1 aromatic rings. The van der Waals surface area contributed by atoms with Crippen LogP contribution in [0.15, 0.2) is 35.3 Å². The van der Waals surface area contributed by atoms with Crippen molar-refractivity contribution >= 4 is 11.9 Å². The molecule has 0 heterocycles. The monoisotopic (exact) mass is 306 g/mol. The minimum absolute atomic E-state index is 0.0112. The number of ether oxygens (including phenoxy) is 1. The van der Waals surface area contributed by atoms with Crippen molar-refractivity contribution in [1.82, 2.24) is 16.0 Å². The topological polar surface area (TPSA) is 74.8 Å². The van der Waals surface area contributed by atoms with E-state index in [4.69, 9.17) is 4.74 Å². The first kappa shape index (κ1) is 17.8. The molecule has 1 amide bonds. The summed E-state index contributed by atoms with van der Waals surface area (Å²) in [4.78, 5) is 15.8. The molecule has 0 spiro atoms. The van der Waals surface area contributed by atoms with Crippen LogP contribution >= 0.6 is 0 Å². The molecular formula is C16H26N4O2. The van der Waals surface area contributed by atoms with Crippen molar-refractivity contribution in [3.8, 4) is 5.75 Å². The van der Waals surface area contributed by atoms with Gasteiger partial charge in [0.15, 0.2) is 5.96 Å². The average molecular weight is 306 g/mol. The van der Waals surface area contributed by atoms with Gasteiger partial charge >= 0.3 is 0 Å². The molecule has 0 unspecified atom stereocenters. The molecule has 0 saturated carbocycles. The maximum Gasteiger partial charge on any atom is 0.227 e. The van der Waals surface area contributed by atoms with Crippen molar-refractivity contribution < 1.29 is 9.53 Å². The number of hydrogen-bond donors (Lipinski definition) is 3. The second kappa shape index (κ2) is 8.92. The van der Waals surface area contributed by atoms with Gasteiger partial charge in [-0.25, -0.2) is 0 Å². The quantitative estimate of drug-likeness (QED) is 0.399. The van der Waals surface area contributed by atoms with Gasteiger partial charge in [-0.3, -0.25) is 9.79 Å². The summed E-state index contributed by atoms with van der Waals surface area (Å²) in [6.07, 6.45) is 0. The van der Waals surface area contributed by atoms with Crippen molar-refractivity contribution in [2.24, 2.45) is 10.4 Å². The molecule has 0 bridgehead atoms. The molecule has 0 atom stereocenters. The molecule has 0 aliphatic heterocycles. The van der Waals surface area contributed by atoms with Crippen LogP contribution in [0.25, 0.3) is 0 Å². The third-order valence-electron chi connectivity index (χ3n) is 3.17. The summed E-state index contributed by atoms with van der Waals surface area (Å²) in [5.74, 6) is 1.48. The molecule has 0 radical (unpaired) electrons. The van der Waals surface area contributed by atoms with Gasteiger partial charge in [-0.2, -0.15) is 0 Å². The molecule has 122 valence electrons. The molecule has 0 aliphatic rings. The number of guanidine groups is 1. The summed E-state index contributed by atoms with van der Waals surface area (Å²) >= 11 is 0. The van der Waals surface area contributed by atoms with Crippen LogP contribution in [-0.4, -0.2) is 45.7 Å². The van der Waals surface area contributed by atoms with Crippen LogP contribution < -0.4 is 20.7 Å². The molecule has 3 N–H and O–H groups in total. The van der Waals surface area contributed by atoms with E-state index in [1.807, 2.05) is 44.2 Å². The van der Waals surface area contributed by atoms with Gasteiger partial charge in [0.1, 0.15) is 12.4 Å². The van der Waals surface area contributed by atoms with Gasteiger partial charge in [0.25, 0.3) is 0 Å². The lowest BCUT2D eigenvalue weighted by atomic mass is 9.92. The molecule has 0 saturated heterocycles. The molecule has 1 rings (SSSR count). The fourth-order valence-corrected chi connectivity index (χ4v) is 1.80.